The van der Waals surface area contributed by atoms with E-state index in [-0.39, 0.29) is 36.4 Å². The van der Waals surface area contributed by atoms with Gasteiger partial charge in [-0.25, -0.2) is 0 Å². The molecule has 34 heavy (non-hydrogen) atoms. The number of hydrogen-bond donors (Lipinski definition) is 1. The minimum atomic E-state index is 0. The first-order valence-corrected chi connectivity index (χ1v) is 12.0. The van der Waals surface area contributed by atoms with Crippen molar-refractivity contribution in [1.29, 1.82) is 0 Å². The molecule has 1 N–H and O–H groups in total. The lowest BCUT2D eigenvalue weighted by Crippen LogP contribution is -2.49. The smallest absolute Gasteiger partial charge is 0.251 e. The summed E-state index contributed by atoms with van der Waals surface area (Å²) in [6.07, 6.45) is 3.21. The lowest BCUT2D eigenvalue weighted by atomic mass is 9.76. The first-order valence-electron chi connectivity index (χ1n) is 12.0. The second kappa shape index (κ2) is 10.6. The molecule has 0 spiro atoms. The number of benzene rings is 1. The van der Waals surface area contributed by atoms with Gasteiger partial charge in [0, 0.05) is 56.4 Å². The number of likely N-dealkylation sites (tertiary alicyclic amines) is 1. The van der Waals surface area contributed by atoms with Gasteiger partial charge in [0.05, 0.1) is 11.4 Å². The van der Waals surface area contributed by atoms with Crippen LogP contribution in [0.15, 0.2) is 59.4 Å². The predicted octanol–water partition coefficient (Wildman–Crippen LogP) is 3.78. The topological polar surface area (TPSA) is 55.1 Å². The van der Waals surface area contributed by atoms with Crippen LogP contribution in [-0.4, -0.2) is 38.9 Å². The minimum absolute atomic E-state index is 0. The van der Waals surface area contributed by atoms with Crippen molar-refractivity contribution in [2.24, 2.45) is 5.92 Å². The Balaban J connectivity index is 0.00000137. The highest BCUT2D eigenvalue weighted by molar-refractivity contribution is 5.85. The van der Waals surface area contributed by atoms with Gasteiger partial charge in [-0.1, -0.05) is 36.4 Å². The molecule has 0 saturated carbocycles. The van der Waals surface area contributed by atoms with Crippen LogP contribution in [0.2, 0.25) is 0 Å². The van der Waals surface area contributed by atoms with Crippen molar-refractivity contribution in [3.63, 3.8) is 0 Å². The third kappa shape index (κ3) is 4.82. The number of aryl methyl sites for hydroxylation is 1. The molecule has 0 aliphatic carbocycles. The average Bonchev–Trinajstić information content (AvgIpc) is 3.05. The molecular formula is C26H33Cl2N5O. The normalized spacial score (nSPS) is 23.6. The van der Waals surface area contributed by atoms with Gasteiger partial charge in [-0.3, -0.25) is 14.4 Å². The van der Waals surface area contributed by atoms with Gasteiger partial charge in [-0.2, -0.15) is 5.10 Å². The summed E-state index contributed by atoms with van der Waals surface area (Å²) in [6, 6.07) is 19.0. The molecule has 2 aromatic heterocycles. The molecule has 3 aromatic rings. The SMILES string of the molecule is Cl.Cl.O=c1cccc2n1[C@@H](Cc1ccccc1)[C@H]1C[C@@H]2CN(Cc2cc3n(n2)CCCNC3)C1. The Labute approximate surface area is 213 Å². The zero-order valence-corrected chi connectivity index (χ0v) is 20.9. The molecule has 0 unspecified atom stereocenters. The first-order chi connectivity index (χ1) is 15.7. The van der Waals surface area contributed by atoms with Crippen LogP contribution in [0.3, 0.4) is 0 Å². The summed E-state index contributed by atoms with van der Waals surface area (Å²) < 4.78 is 4.31. The fourth-order valence-corrected chi connectivity index (χ4v) is 6.11. The molecule has 0 radical (unpaired) electrons. The van der Waals surface area contributed by atoms with E-state index < -0.39 is 0 Å². The van der Waals surface area contributed by atoms with E-state index in [0.29, 0.717) is 11.8 Å². The number of fused-ring (bicyclic) bond motifs is 5. The molecule has 182 valence electrons. The summed E-state index contributed by atoms with van der Waals surface area (Å²) in [5.74, 6) is 0.889. The van der Waals surface area contributed by atoms with E-state index in [1.807, 2.05) is 6.07 Å². The molecule has 6 nitrogen and oxygen atoms in total. The van der Waals surface area contributed by atoms with E-state index in [0.717, 1.165) is 52.1 Å². The van der Waals surface area contributed by atoms with Gasteiger partial charge in [0.2, 0.25) is 0 Å². The van der Waals surface area contributed by atoms with Crippen molar-refractivity contribution in [3.05, 3.63) is 87.6 Å². The summed E-state index contributed by atoms with van der Waals surface area (Å²) in [6.45, 7) is 5.89. The lowest BCUT2D eigenvalue weighted by Gasteiger charge is -2.47. The zero-order valence-electron chi connectivity index (χ0n) is 19.3. The Morgan fingerprint density at radius 3 is 2.74 bits per heavy atom. The van der Waals surface area contributed by atoms with Gasteiger partial charge in [0.15, 0.2) is 0 Å². The summed E-state index contributed by atoms with van der Waals surface area (Å²) in [5.41, 5.74) is 5.14. The second-order valence-corrected chi connectivity index (χ2v) is 9.68. The van der Waals surface area contributed by atoms with Gasteiger partial charge in [0.25, 0.3) is 5.56 Å². The second-order valence-electron chi connectivity index (χ2n) is 9.68. The summed E-state index contributed by atoms with van der Waals surface area (Å²) >= 11 is 0. The van der Waals surface area contributed by atoms with Crippen LogP contribution < -0.4 is 10.9 Å². The van der Waals surface area contributed by atoms with Crippen LogP contribution in [0.5, 0.6) is 0 Å². The van der Waals surface area contributed by atoms with Gasteiger partial charge < -0.3 is 9.88 Å². The average molecular weight is 502 g/mol. The molecule has 3 aliphatic rings. The van der Waals surface area contributed by atoms with Crippen molar-refractivity contribution >= 4 is 24.8 Å². The maximum atomic E-state index is 12.9. The number of piperidine rings is 1. The molecular weight excluding hydrogens is 469 g/mol. The van der Waals surface area contributed by atoms with Crippen LogP contribution in [0.1, 0.15) is 47.4 Å². The van der Waals surface area contributed by atoms with Crippen molar-refractivity contribution < 1.29 is 0 Å². The van der Waals surface area contributed by atoms with Crippen molar-refractivity contribution in [2.75, 3.05) is 19.6 Å². The highest BCUT2D eigenvalue weighted by atomic mass is 35.5. The van der Waals surface area contributed by atoms with Gasteiger partial charge in [-0.05, 0) is 49.4 Å². The maximum absolute atomic E-state index is 12.9. The molecule has 2 bridgehead atoms. The predicted molar refractivity (Wildman–Crippen MR) is 139 cm³/mol. The van der Waals surface area contributed by atoms with Gasteiger partial charge in [-0.15, -0.1) is 24.8 Å². The minimum Gasteiger partial charge on any atom is -0.311 e. The molecule has 3 atom stereocenters. The first kappa shape index (κ1) is 25.0. The lowest BCUT2D eigenvalue weighted by molar-refractivity contribution is 0.0843. The summed E-state index contributed by atoms with van der Waals surface area (Å²) in [4.78, 5) is 15.5. The molecule has 1 fully saturated rings. The van der Waals surface area contributed by atoms with E-state index in [1.165, 1.54) is 29.1 Å². The molecule has 3 aliphatic heterocycles. The number of halogens is 2. The number of hydrogen-bond acceptors (Lipinski definition) is 4. The Kier molecular flexibility index (Phi) is 7.83. The number of aromatic nitrogens is 3. The highest BCUT2D eigenvalue weighted by Gasteiger charge is 2.40. The highest BCUT2D eigenvalue weighted by Crippen LogP contribution is 2.42. The van der Waals surface area contributed by atoms with Crippen LogP contribution >= 0.6 is 24.8 Å². The Hall–Kier alpha value is -2.12. The third-order valence-electron chi connectivity index (χ3n) is 7.49. The number of nitrogens with one attached hydrogen (secondary N) is 1. The molecule has 8 heteroatoms. The van der Waals surface area contributed by atoms with E-state index in [4.69, 9.17) is 5.10 Å². The monoisotopic (exact) mass is 501 g/mol. The fourth-order valence-electron chi connectivity index (χ4n) is 6.11. The summed E-state index contributed by atoms with van der Waals surface area (Å²) in [5, 5.41) is 8.42. The van der Waals surface area contributed by atoms with Crippen LogP contribution in [0, 0.1) is 5.92 Å². The molecule has 1 aromatic carbocycles. The third-order valence-corrected chi connectivity index (χ3v) is 7.49. The maximum Gasteiger partial charge on any atom is 0.251 e. The number of pyridine rings is 1. The van der Waals surface area contributed by atoms with Crippen molar-refractivity contribution in [3.8, 4) is 0 Å². The molecule has 0 amide bonds. The number of rotatable bonds is 4. The molecule has 5 heterocycles. The van der Waals surface area contributed by atoms with Crippen molar-refractivity contribution in [1.82, 2.24) is 24.6 Å². The molecule has 6 rings (SSSR count). The fraction of sp³-hybridized carbons (Fsp3) is 0.462. The van der Waals surface area contributed by atoms with Gasteiger partial charge >= 0.3 is 0 Å². The largest absolute Gasteiger partial charge is 0.311 e. The van der Waals surface area contributed by atoms with Crippen molar-refractivity contribution in [2.45, 2.75) is 50.9 Å². The standard InChI is InChI=1S/C26H31N5O.2ClH/c32-26-9-4-8-24-20-13-21(25(31(24)26)12-19-6-2-1-3-7-19)17-29(16-20)18-22-14-23-15-27-10-5-11-30(23)28-22;;/h1-4,6-9,14,20-21,25,27H,5,10-13,15-18H2;2*1H/t20-,21+,25+;;/m1../s1. The Bertz CT molecular complexity index is 1140. The van der Waals surface area contributed by atoms with E-state index >= 15 is 0 Å². The van der Waals surface area contributed by atoms with Crippen LogP contribution in [-0.2, 0) is 26.1 Å². The van der Waals surface area contributed by atoms with E-state index in [2.05, 4.69) is 61.9 Å². The summed E-state index contributed by atoms with van der Waals surface area (Å²) in [7, 11) is 0. The zero-order chi connectivity index (χ0) is 21.5. The van der Waals surface area contributed by atoms with Gasteiger partial charge in [0.1, 0.15) is 0 Å². The quantitative estimate of drug-likeness (QED) is 0.590. The van der Waals surface area contributed by atoms with Crippen LogP contribution in [0.25, 0.3) is 0 Å². The Morgan fingerprint density at radius 2 is 1.88 bits per heavy atom. The van der Waals surface area contributed by atoms with E-state index in [1.54, 1.807) is 6.07 Å². The Morgan fingerprint density at radius 1 is 1.03 bits per heavy atom. The van der Waals surface area contributed by atoms with Crippen LogP contribution in [0.4, 0.5) is 0 Å². The number of nitrogens with zero attached hydrogens (tertiary/aromatic N) is 4. The van der Waals surface area contributed by atoms with E-state index in [9.17, 15) is 4.79 Å². The molecule has 1 saturated heterocycles.